The number of fused-ring (bicyclic) bond motifs is 1. The molecule has 3 rings (SSSR count). The number of carbonyl (C=O) groups is 1. The first kappa shape index (κ1) is 29.0. The standard InChI is InChI=1S/C25H31ClN4O.2ClH/c1-4-29(5-2)15-16-30(6-3)25(31)17-19-7-10-21(11-8-19)28-23-13-14-27-24-18-20(26)9-12-22(23)24;;/h7-14,18H,4-6,15-17H2,1-3H3,(H,27,28);2*1H. The Balaban J connectivity index is 0.00000272. The zero-order valence-corrected chi connectivity index (χ0v) is 21.8. The highest BCUT2D eigenvalue weighted by Gasteiger charge is 2.13. The second-order valence-corrected chi connectivity index (χ2v) is 7.96. The molecule has 0 aliphatic carbocycles. The van der Waals surface area contributed by atoms with Crippen LogP contribution in [0.1, 0.15) is 26.3 Å². The van der Waals surface area contributed by atoms with E-state index in [-0.39, 0.29) is 30.7 Å². The second-order valence-electron chi connectivity index (χ2n) is 7.52. The first-order chi connectivity index (χ1) is 15.0. The smallest absolute Gasteiger partial charge is 0.227 e. The molecule has 0 atom stereocenters. The number of rotatable bonds is 10. The molecule has 0 fully saturated rings. The van der Waals surface area contributed by atoms with Crippen LogP contribution in [-0.4, -0.2) is 53.4 Å². The molecule has 0 saturated carbocycles. The van der Waals surface area contributed by atoms with E-state index in [1.54, 1.807) is 6.20 Å². The monoisotopic (exact) mass is 510 g/mol. The lowest BCUT2D eigenvalue weighted by Crippen LogP contribution is -2.39. The van der Waals surface area contributed by atoms with E-state index in [0.717, 1.165) is 60.6 Å². The number of nitrogens with one attached hydrogen (secondary N) is 1. The van der Waals surface area contributed by atoms with Gasteiger partial charge in [-0.05, 0) is 62.0 Å². The van der Waals surface area contributed by atoms with Gasteiger partial charge >= 0.3 is 0 Å². The van der Waals surface area contributed by atoms with E-state index < -0.39 is 0 Å². The Morgan fingerprint density at radius 2 is 1.64 bits per heavy atom. The van der Waals surface area contributed by atoms with Crippen LogP contribution in [0.15, 0.2) is 54.7 Å². The second kappa shape index (κ2) is 14.3. The fraction of sp³-hybridized carbons (Fsp3) is 0.360. The summed E-state index contributed by atoms with van der Waals surface area (Å²) >= 11 is 6.08. The normalized spacial score (nSPS) is 10.5. The number of pyridine rings is 1. The minimum atomic E-state index is 0. The van der Waals surface area contributed by atoms with Gasteiger partial charge in [0.1, 0.15) is 0 Å². The fourth-order valence-corrected chi connectivity index (χ4v) is 3.81. The zero-order chi connectivity index (χ0) is 22.2. The first-order valence-corrected chi connectivity index (χ1v) is 11.3. The topological polar surface area (TPSA) is 48.5 Å². The summed E-state index contributed by atoms with van der Waals surface area (Å²) in [5.74, 6) is 0.173. The van der Waals surface area contributed by atoms with Gasteiger partial charge in [0.15, 0.2) is 0 Å². The van der Waals surface area contributed by atoms with Gasteiger partial charge in [0.25, 0.3) is 0 Å². The number of likely N-dealkylation sites (N-methyl/N-ethyl adjacent to an activating group) is 2. The van der Waals surface area contributed by atoms with Gasteiger partial charge < -0.3 is 15.1 Å². The number of aromatic nitrogens is 1. The molecule has 0 unspecified atom stereocenters. The molecule has 1 N–H and O–H groups in total. The van der Waals surface area contributed by atoms with E-state index in [0.29, 0.717) is 11.4 Å². The van der Waals surface area contributed by atoms with Gasteiger partial charge in [-0.2, -0.15) is 0 Å². The van der Waals surface area contributed by atoms with Gasteiger partial charge in [0.05, 0.1) is 11.9 Å². The van der Waals surface area contributed by atoms with Crippen molar-refractivity contribution in [1.29, 1.82) is 0 Å². The van der Waals surface area contributed by atoms with Crippen molar-refractivity contribution in [3.63, 3.8) is 0 Å². The predicted octanol–water partition coefficient (Wildman–Crippen LogP) is 6.21. The van der Waals surface area contributed by atoms with Crippen molar-refractivity contribution in [2.24, 2.45) is 0 Å². The molecule has 0 aliphatic heterocycles. The number of carbonyl (C=O) groups excluding carboxylic acids is 1. The number of anilines is 2. The average Bonchev–Trinajstić information content (AvgIpc) is 2.78. The third-order valence-corrected chi connectivity index (χ3v) is 5.84. The van der Waals surface area contributed by atoms with Gasteiger partial charge in [0, 0.05) is 47.6 Å². The third kappa shape index (κ3) is 8.04. The number of amides is 1. The molecule has 1 amide bonds. The van der Waals surface area contributed by atoms with E-state index in [2.05, 4.69) is 29.0 Å². The summed E-state index contributed by atoms with van der Waals surface area (Å²) in [4.78, 5) is 21.4. The molecule has 0 bridgehead atoms. The van der Waals surface area contributed by atoms with Crippen molar-refractivity contribution < 1.29 is 4.79 Å². The minimum absolute atomic E-state index is 0. The maximum absolute atomic E-state index is 12.8. The lowest BCUT2D eigenvalue weighted by atomic mass is 10.1. The average molecular weight is 512 g/mol. The predicted molar refractivity (Wildman–Crippen MR) is 145 cm³/mol. The number of nitrogens with zero attached hydrogens (tertiary/aromatic N) is 3. The SMILES string of the molecule is CCN(CC)CCN(CC)C(=O)Cc1ccc(Nc2ccnc3cc(Cl)ccc23)cc1.Cl.Cl. The Kier molecular flexibility index (Phi) is 12.5. The summed E-state index contributed by atoms with van der Waals surface area (Å²) in [6.45, 7) is 10.8. The Labute approximate surface area is 214 Å². The van der Waals surface area contributed by atoms with Crippen LogP contribution in [0.5, 0.6) is 0 Å². The van der Waals surface area contributed by atoms with Crippen LogP contribution >= 0.6 is 36.4 Å². The molecule has 5 nitrogen and oxygen atoms in total. The molecule has 0 aliphatic rings. The Hall–Kier alpha value is -2.05. The molecular formula is C25H33Cl3N4O. The van der Waals surface area contributed by atoms with Gasteiger partial charge in [0.2, 0.25) is 5.91 Å². The van der Waals surface area contributed by atoms with E-state index in [1.165, 1.54) is 0 Å². The highest BCUT2D eigenvalue weighted by Crippen LogP contribution is 2.27. The lowest BCUT2D eigenvalue weighted by molar-refractivity contribution is -0.130. The minimum Gasteiger partial charge on any atom is -0.355 e. The van der Waals surface area contributed by atoms with Gasteiger partial charge in [-0.25, -0.2) is 0 Å². The Morgan fingerprint density at radius 3 is 2.27 bits per heavy atom. The number of benzene rings is 2. The largest absolute Gasteiger partial charge is 0.355 e. The van der Waals surface area contributed by atoms with Crippen LogP contribution in [-0.2, 0) is 11.2 Å². The fourth-order valence-electron chi connectivity index (χ4n) is 3.64. The van der Waals surface area contributed by atoms with Crippen molar-refractivity contribution in [3.8, 4) is 0 Å². The van der Waals surface area contributed by atoms with E-state index in [9.17, 15) is 4.79 Å². The lowest BCUT2D eigenvalue weighted by Gasteiger charge is -2.25. The molecule has 33 heavy (non-hydrogen) atoms. The highest BCUT2D eigenvalue weighted by atomic mass is 35.5. The Morgan fingerprint density at radius 1 is 0.939 bits per heavy atom. The van der Waals surface area contributed by atoms with Crippen molar-refractivity contribution in [1.82, 2.24) is 14.8 Å². The van der Waals surface area contributed by atoms with Gasteiger partial charge in [-0.15, -0.1) is 24.8 Å². The van der Waals surface area contributed by atoms with Crippen molar-refractivity contribution >= 4 is 64.6 Å². The van der Waals surface area contributed by atoms with Gasteiger partial charge in [-0.1, -0.05) is 37.6 Å². The van der Waals surface area contributed by atoms with Crippen LogP contribution in [0.3, 0.4) is 0 Å². The van der Waals surface area contributed by atoms with Crippen molar-refractivity contribution in [2.75, 3.05) is 38.0 Å². The van der Waals surface area contributed by atoms with Gasteiger partial charge in [-0.3, -0.25) is 9.78 Å². The highest BCUT2D eigenvalue weighted by molar-refractivity contribution is 6.31. The van der Waals surface area contributed by atoms with Crippen LogP contribution in [0.4, 0.5) is 11.4 Å². The summed E-state index contributed by atoms with van der Waals surface area (Å²) in [5.41, 5.74) is 3.80. The molecule has 1 heterocycles. The van der Waals surface area contributed by atoms with Crippen LogP contribution in [0.25, 0.3) is 10.9 Å². The number of halogens is 3. The van der Waals surface area contributed by atoms with Crippen LogP contribution < -0.4 is 5.32 Å². The van der Waals surface area contributed by atoms with Crippen molar-refractivity contribution in [3.05, 3.63) is 65.3 Å². The maximum Gasteiger partial charge on any atom is 0.227 e. The maximum atomic E-state index is 12.8. The molecule has 180 valence electrons. The number of hydrogen-bond acceptors (Lipinski definition) is 4. The molecule has 0 radical (unpaired) electrons. The molecule has 0 saturated heterocycles. The quantitative estimate of drug-likeness (QED) is 0.352. The molecule has 3 aromatic rings. The molecule has 8 heteroatoms. The summed E-state index contributed by atoms with van der Waals surface area (Å²) in [6.07, 6.45) is 2.19. The van der Waals surface area contributed by atoms with E-state index in [4.69, 9.17) is 11.6 Å². The summed E-state index contributed by atoms with van der Waals surface area (Å²) in [7, 11) is 0. The molecule has 0 spiro atoms. The molecule has 1 aromatic heterocycles. The Bertz CT molecular complexity index is 1010. The summed E-state index contributed by atoms with van der Waals surface area (Å²) in [6, 6.07) is 15.7. The summed E-state index contributed by atoms with van der Waals surface area (Å²) in [5, 5.41) is 5.13. The van der Waals surface area contributed by atoms with E-state index >= 15 is 0 Å². The van der Waals surface area contributed by atoms with Crippen molar-refractivity contribution in [2.45, 2.75) is 27.2 Å². The zero-order valence-electron chi connectivity index (χ0n) is 19.4. The number of hydrogen-bond donors (Lipinski definition) is 1. The summed E-state index contributed by atoms with van der Waals surface area (Å²) < 4.78 is 0. The van der Waals surface area contributed by atoms with Crippen LogP contribution in [0.2, 0.25) is 5.02 Å². The van der Waals surface area contributed by atoms with Crippen LogP contribution in [0, 0.1) is 0 Å². The van der Waals surface area contributed by atoms with E-state index in [1.807, 2.05) is 60.4 Å². The molecular weight excluding hydrogens is 479 g/mol. The first-order valence-electron chi connectivity index (χ1n) is 10.9. The molecule has 2 aromatic carbocycles. The third-order valence-electron chi connectivity index (χ3n) is 5.61.